The Morgan fingerprint density at radius 3 is 1.83 bits per heavy atom. The summed E-state index contributed by atoms with van der Waals surface area (Å²) in [4.78, 5) is 11.3. The zero-order valence-corrected chi connectivity index (χ0v) is 15.7. The van der Waals surface area contributed by atoms with Crippen LogP contribution in [0.4, 0.5) is 4.79 Å². The van der Waals surface area contributed by atoms with Crippen molar-refractivity contribution >= 4 is 6.16 Å². The van der Waals surface area contributed by atoms with Crippen LogP contribution >= 0.6 is 0 Å². The van der Waals surface area contributed by atoms with Gasteiger partial charge in [-0.05, 0) is 30.3 Å². The first kappa shape index (κ1) is 20.1. The van der Waals surface area contributed by atoms with Crippen molar-refractivity contribution in [3.8, 4) is 0 Å². The Morgan fingerprint density at radius 2 is 1.48 bits per heavy atom. The lowest BCUT2D eigenvalue weighted by Gasteiger charge is -2.22. The molecule has 0 aromatic rings. The number of carbonyl (C=O) groups excluding carboxylic acids is 1. The van der Waals surface area contributed by atoms with Gasteiger partial charge in [0.25, 0.3) is 0 Å². The highest BCUT2D eigenvalue weighted by Crippen LogP contribution is 2.32. The van der Waals surface area contributed by atoms with Crippen LogP contribution in [-0.4, -0.2) is 12.8 Å². The Kier molecular flexibility index (Phi) is 10.1. The van der Waals surface area contributed by atoms with E-state index in [1.54, 1.807) is 0 Å². The standard InChI is InChI=1S/C20H36O3/c1-5-9-11-16(7-3)13-18(19-15-22-20(21)23-19)14-17(8-4)12-10-6-2/h16-17H,5-15H2,1-4H3. The maximum atomic E-state index is 11.3. The largest absolute Gasteiger partial charge is 0.514 e. The first-order chi connectivity index (χ1) is 11.1. The molecule has 1 heterocycles. The Labute approximate surface area is 142 Å². The van der Waals surface area contributed by atoms with Crippen LogP contribution in [0.3, 0.4) is 0 Å². The summed E-state index contributed by atoms with van der Waals surface area (Å²) < 4.78 is 10.4. The fourth-order valence-electron chi connectivity index (χ4n) is 3.35. The molecule has 0 amide bonds. The van der Waals surface area contributed by atoms with Gasteiger partial charge < -0.3 is 9.47 Å². The van der Waals surface area contributed by atoms with E-state index in [-0.39, 0.29) is 0 Å². The molecule has 2 unspecified atom stereocenters. The van der Waals surface area contributed by atoms with Gasteiger partial charge in [-0.2, -0.15) is 0 Å². The Morgan fingerprint density at radius 1 is 0.957 bits per heavy atom. The minimum atomic E-state index is -0.527. The molecule has 0 aliphatic carbocycles. The van der Waals surface area contributed by atoms with Crippen LogP contribution in [0, 0.1) is 11.8 Å². The molecule has 0 aromatic carbocycles. The quantitative estimate of drug-likeness (QED) is 0.378. The van der Waals surface area contributed by atoms with Crippen LogP contribution in [0.2, 0.25) is 0 Å². The smallest absolute Gasteiger partial charge is 0.426 e. The van der Waals surface area contributed by atoms with Gasteiger partial charge >= 0.3 is 6.16 Å². The monoisotopic (exact) mass is 324 g/mol. The van der Waals surface area contributed by atoms with E-state index in [9.17, 15) is 4.79 Å². The van der Waals surface area contributed by atoms with Crippen LogP contribution < -0.4 is 0 Å². The second-order valence-corrected chi connectivity index (χ2v) is 6.91. The molecular weight excluding hydrogens is 288 g/mol. The molecule has 0 bridgehead atoms. The lowest BCUT2D eigenvalue weighted by Crippen LogP contribution is -2.09. The molecule has 1 fully saturated rings. The summed E-state index contributed by atoms with van der Waals surface area (Å²) in [5, 5.41) is 0. The minimum Gasteiger partial charge on any atom is -0.426 e. The molecule has 3 heteroatoms. The maximum Gasteiger partial charge on any atom is 0.514 e. The highest BCUT2D eigenvalue weighted by molar-refractivity contribution is 5.64. The van der Waals surface area contributed by atoms with E-state index in [0.29, 0.717) is 18.4 Å². The molecule has 1 rings (SSSR count). The maximum absolute atomic E-state index is 11.3. The van der Waals surface area contributed by atoms with Crippen molar-refractivity contribution in [2.75, 3.05) is 6.61 Å². The number of cyclic esters (lactones) is 2. The number of hydrogen-bond acceptors (Lipinski definition) is 3. The number of rotatable bonds is 12. The minimum absolute atomic E-state index is 0.336. The summed E-state index contributed by atoms with van der Waals surface area (Å²) in [7, 11) is 0. The molecule has 1 aliphatic heterocycles. The molecule has 0 spiro atoms. The first-order valence-electron chi connectivity index (χ1n) is 9.69. The Bertz CT molecular complexity index is 353. The number of carbonyl (C=O) groups is 1. The van der Waals surface area contributed by atoms with Crippen molar-refractivity contribution in [1.29, 1.82) is 0 Å². The normalized spacial score (nSPS) is 16.9. The molecule has 0 N–H and O–H groups in total. The zero-order chi connectivity index (χ0) is 17.1. The van der Waals surface area contributed by atoms with Gasteiger partial charge in [0.15, 0.2) is 6.61 Å². The van der Waals surface area contributed by atoms with Gasteiger partial charge in [0.2, 0.25) is 0 Å². The Balaban J connectivity index is 2.78. The number of unbranched alkanes of at least 4 members (excludes halogenated alkanes) is 2. The van der Waals surface area contributed by atoms with Gasteiger partial charge in [0.1, 0.15) is 5.76 Å². The fraction of sp³-hybridized carbons (Fsp3) is 0.850. The van der Waals surface area contributed by atoms with E-state index >= 15 is 0 Å². The molecule has 0 radical (unpaired) electrons. The Hall–Kier alpha value is -0.990. The van der Waals surface area contributed by atoms with E-state index < -0.39 is 6.16 Å². The van der Waals surface area contributed by atoms with Crippen LogP contribution in [0.5, 0.6) is 0 Å². The van der Waals surface area contributed by atoms with Gasteiger partial charge in [-0.25, -0.2) is 4.79 Å². The summed E-state index contributed by atoms with van der Waals surface area (Å²) in [5.74, 6) is 2.20. The van der Waals surface area contributed by atoms with Crippen molar-refractivity contribution in [3.05, 3.63) is 11.3 Å². The molecule has 0 aromatic heterocycles. The van der Waals surface area contributed by atoms with Crippen LogP contribution in [-0.2, 0) is 9.47 Å². The zero-order valence-electron chi connectivity index (χ0n) is 15.7. The molecule has 1 aliphatic rings. The predicted molar refractivity (Wildman–Crippen MR) is 95.3 cm³/mol. The molecular formula is C20H36O3. The van der Waals surface area contributed by atoms with Gasteiger partial charge in [0, 0.05) is 0 Å². The van der Waals surface area contributed by atoms with Crippen LogP contribution in [0.25, 0.3) is 0 Å². The SMILES string of the molecule is CCCCC(CC)CC(CC(CC)CCCC)=C1COC(=O)O1. The van der Waals surface area contributed by atoms with Crippen molar-refractivity contribution in [3.63, 3.8) is 0 Å². The number of hydrogen-bond donors (Lipinski definition) is 0. The summed E-state index contributed by atoms with van der Waals surface area (Å²) >= 11 is 0. The molecule has 3 nitrogen and oxygen atoms in total. The average molecular weight is 325 g/mol. The average Bonchev–Trinajstić information content (AvgIpc) is 2.99. The van der Waals surface area contributed by atoms with Crippen molar-refractivity contribution in [2.24, 2.45) is 11.8 Å². The van der Waals surface area contributed by atoms with Crippen LogP contribution in [0.15, 0.2) is 11.3 Å². The van der Waals surface area contributed by atoms with Gasteiger partial charge in [0.05, 0.1) is 0 Å². The third-order valence-electron chi connectivity index (χ3n) is 5.08. The van der Waals surface area contributed by atoms with E-state index in [4.69, 9.17) is 9.47 Å². The molecule has 23 heavy (non-hydrogen) atoms. The predicted octanol–water partition coefficient (Wildman–Crippen LogP) is 6.62. The fourth-order valence-corrected chi connectivity index (χ4v) is 3.35. The highest BCUT2D eigenvalue weighted by Gasteiger charge is 2.25. The van der Waals surface area contributed by atoms with Gasteiger partial charge in [-0.3, -0.25) is 0 Å². The van der Waals surface area contributed by atoms with Crippen molar-refractivity contribution in [1.82, 2.24) is 0 Å². The molecule has 2 atom stereocenters. The summed E-state index contributed by atoms with van der Waals surface area (Å²) in [6, 6.07) is 0. The lowest BCUT2D eigenvalue weighted by molar-refractivity contribution is 0.135. The van der Waals surface area contributed by atoms with E-state index in [1.165, 1.54) is 56.9 Å². The van der Waals surface area contributed by atoms with Gasteiger partial charge in [-0.1, -0.05) is 79.1 Å². The van der Waals surface area contributed by atoms with Gasteiger partial charge in [-0.15, -0.1) is 0 Å². The summed E-state index contributed by atoms with van der Waals surface area (Å²) in [6.07, 6.45) is 11.6. The van der Waals surface area contributed by atoms with E-state index in [2.05, 4.69) is 27.7 Å². The van der Waals surface area contributed by atoms with Crippen molar-refractivity contribution < 1.29 is 14.3 Å². The third-order valence-corrected chi connectivity index (χ3v) is 5.08. The summed E-state index contributed by atoms with van der Waals surface area (Å²) in [5.41, 5.74) is 1.33. The second kappa shape index (κ2) is 11.5. The van der Waals surface area contributed by atoms with Crippen LogP contribution in [0.1, 0.15) is 91.9 Å². The number of allylic oxidation sites excluding steroid dienone is 1. The van der Waals surface area contributed by atoms with E-state index in [0.717, 1.165) is 18.6 Å². The molecule has 0 saturated carbocycles. The lowest BCUT2D eigenvalue weighted by atomic mass is 9.85. The first-order valence-corrected chi connectivity index (χ1v) is 9.69. The number of ether oxygens (including phenoxy) is 2. The van der Waals surface area contributed by atoms with E-state index in [1.807, 2.05) is 0 Å². The second-order valence-electron chi connectivity index (χ2n) is 6.91. The molecule has 134 valence electrons. The molecule has 1 saturated heterocycles. The van der Waals surface area contributed by atoms with Crippen molar-refractivity contribution in [2.45, 2.75) is 91.9 Å². The summed E-state index contributed by atoms with van der Waals surface area (Å²) in [6.45, 7) is 9.37. The topological polar surface area (TPSA) is 35.5 Å². The third kappa shape index (κ3) is 7.41. The highest BCUT2D eigenvalue weighted by atomic mass is 16.8.